The molecule has 0 spiro atoms. The van der Waals surface area contributed by atoms with Gasteiger partial charge in [0.1, 0.15) is 16.6 Å². The molecule has 1 saturated carbocycles. The van der Waals surface area contributed by atoms with Crippen molar-refractivity contribution in [2.24, 2.45) is 0 Å². The minimum atomic E-state index is -3.70. The molecule has 3 aromatic rings. The standard InChI is InChI=1S/C21H22ClN5O2S/c1-21(2,3)26-30(28,29)15-7-8-18(24-12-15)19-17(10-23)16-9-13(22)11-25-20(16)27(19)14-5-4-6-14/h7-9,11-12,14,26H,4-6H2,1-3H3. The molecule has 0 saturated heterocycles. The Morgan fingerprint density at radius 1 is 1.23 bits per heavy atom. The van der Waals surface area contributed by atoms with E-state index in [-0.39, 0.29) is 10.9 Å². The van der Waals surface area contributed by atoms with E-state index in [0.717, 1.165) is 19.3 Å². The molecule has 1 N–H and O–H groups in total. The summed E-state index contributed by atoms with van der Waals surface area (Å²) in [4.78, 5) is 8.98. The van der Waals surface area contributed by atoms with Gasteiger partial charge in [0, 0.05) is 29.4 Å². The first-order valence-corrected chi connectivity index (χ1v) is 11.6. The molecule has 0 bridgehead atoms. The lowest BCUT2D eigenvalue weighted by Crippen LogP contribution is -2.40. The van der Waals surface area contributed by atoms with Gasteiger partial charge in [0.2, 0.25) is 10.0 Å². The summed E-state index contributed by atoms with van der Waals surface area (Å²) < 4.78 is 29.9. The van der Waals surface area contributed by atoms with Crippen molar-refractivity contribution in [3.8, 4) is 17.5 Å². The second-order valence-corrected chi connectivity index (χ2v) is 10.7. The summed E-state index contributed by atoms with van der Waals surface area (Å²) in [5.41, 5.74) is 1.72. The number of pyridine rings is 2. The Morgan fingerprint density at radius 2 is 1.97 bits per heavy atom. The zero-order chi connectivity index (χ0) is 21.7. The number of rotatable bonds is 4. The van der Waals surface area contributed by atoms with Crippen LogP contribution in [-0.2, 0) is 10.0 Å². The van der Waals surface area contributed by atoms with E-state index >= 15 is 0 Å². The summed E-state index contributed by atoms with van der Waals surface area (Å²) >= 11 is 6.14. The van der Waals surface area contributed by atoms with Crippen LogP contribution in [0.4, 0.5) is 0 Å². The van der Waals surface area contributed by atoms with E-state index < -0.39 is 15.6 Å². The number of nitrogens with one attached hydrogen (secondary N) is 1. The van der Waals surface area contributed by atoms with E-state index in [4.69, 9.17) is 11.6 Å². The maximum Gasteiger partial charge on any atom is 0.242 e. The van der Waals surface area contributed by atoms with Crippen LogP contribution in [0, 0.1) is 11.3 Å². The van der Waals surface area contributed by atoms with Gasteiger partial charge in [0.25, 0.3) is 0 Å². The Kier molecular flexibility index (Phi) is 5.09. The molecule has 0 atom stereocenters. The van der Waals surface area contributed by atoms with Crippen LogP contribution in [0.15, 0.2) is 35.5 Å². The highest BCUT2D eigenvalue weighted by atomic mass is 35.5. The molecule has 3 aromatic heterocycles. The van der Waals surface area contributed by atoms with Crippen LogP contribution in [0.3, 0.4) is 0 Å². The molecular formula is C21H22ClN5O2S. The van der Waals surface area contributed by atoms with Crippen LogP contribution in [-0.4, -0.2) is 28.5 Å². The average molecular weight is 444 g/mol. The Labute approximate surface area is 180 Å². The number of aromatic nitrogens is 3. The second-order valence-electron chi connectivity index (χ2n) is 8.55. The van der Waals surface area contributed by atoms with Gasteiger partial charge in [-0.1, -0.05) is 11.6 Å². The van der Waals surface area contributed by atoms with Crippen molar-refractivity contribution >= 4 is 32.7 Å². The molecule has 0 radical (unpaired) electrons. The third-order valence-electron chi connectivity index (χ3n) is 5.09. The SMILES string of the molecule is CC(C)(C)NS(=O)(=O)c1ccc(-c2c(C#N)c3cc(Cl)cnc3n2C2CCC2)nc1. The van der Waals surface area contributed by atoms with Crippen LogP contribution < -0.4 is 4.72 Å². The second kappa shape index (κ2) is 7.34. The Hall–Kier alpha value is -2.47. The van der Waals surface area contributed by atoms with Crippen LogP contribution in [0.2, 0.25) is 5.02 Å². The summed E-state index contributed by atoms with van der Waals surface area (Å²) in [6.07, 6.45) is 6.00. The van der Waals surface area contributed by atoms with Gasteiger partial charge >= 0.3 is 0 Å². The van der Waals surface area contributed by atoms with Crippen LogP contribution in [0.1, 0.15) is 51.6 Å². The van der Waals surface area contributed by atoms with Crippen LogP contribution >= 0.6 is 11.6 Å². The van der Waals surface area contributed by atoms with Crippen molar-refractivity contribution in [3.63, 3.8) is 0 Å². The van der Waals surface area contributed by atoms with Gasteiger partial charge in [-0.25, -0.2) is 18.1 Å². The van der Waals surface area contributed by atoms with E-state index in [9.17, 15) is 13.7 Å². The minimum absolute atomic E-state index is 0.0761. The molecule has 0 aliphatic heterocycles. The fraction of sp³-hybridized carbons (Fsp3) is 0.381. The first-order valence-electron chi connectivity index (χ1n) is 9.71. The number of halogens is 1. The maximum atomic E-state index is 12.6. The highest BCUT2D eigenvalue weighted by Gasteiger charge is 2.29. The van der Waals surface area contributed by atoms with Gasteiger partial charge in [0.15, 0.2) is 0 Å². The molecule has 30 heavy (non-hydrogen) atoms. The minimum Gasteiger partial charge on any atom is -0.320 e. The fourth-order valence-corrected chi connectivity index (χ4v) is 5.19. The molecule has 3 heterocycles. The molecule has 1 aliphatic rings. The van der Waals surface area contributed by atoms with E-state index in [1.165, 1.54) is 12.3 Å². The maximum absolute atomic E-state index is 12.6. The van der Waals surface area contributed by atoms with Crippen molar-refractivity contribution in [2.45, 2.75) is 56.5 Å². The topological polar surface area (TPSA) is 101 Å². The molecular weight excluding hydrogens is 422 g/mol. The molecule has 7 nitrogen and oxygen atoms in total. The highest BCUT2D eigenvalue weighted by Crippen LogP contribution is 2.41. The zero-order valence-electron chi connectivity index (χ0n) is 17.0. The van der Waals surface area contributed by atoms with E-state index in [2.05, 4.69) is 25.3 Å². The summed E-state index contributed by atoms with van der Waals surface area (Å²) in [7, 11) is -3.70. The van der Waals surface area contributed by atoms with Crippen LogP contribution in [0.5, 0.6) is 0 Å². The number of fused-ring (bicyclic) bond motifs is 1. The van der Waals surface area contributed by atoms with Crippen molar-refractivity contribution in [1.29, 1.82) is 5.26 Å². The summed E-state index contributed by atoms with van der Waals surface area (Å²) in [6, 6.07) is 7.40. The summed E-state index contributed by atoms with van der Waals surface area (Å²) in [5.74, 6) is 0. The molecule has 9 heteroatoms. The van der Waals surface area contributed by atoms with Crippen molar-refractivity contribution < 1.29 is 8.42 Å². The first-order chi connectivity index (χ1) is 14.1. The number of nitriles is 1. The largest absolute Gasteiger partial charge is 0.320 e. The fourth-order valence-electron chi connectivity index (χ4n) is 3.67. The lowest BCUT2D eigenvalue weighted by Gasteiger charge is -2.29. The Balaban J connectivity index is 1.87. The molecule has 0 aromatic carbocycles. The van der Waals surface area contributed by atoms with Gasteiger partial charge in [-0.2, -0.15) is 5.26 Å². The highest BCUT2D eigenvalue weighted by molar-refractivity contribution is 7.89. The van der Waals surface area contributed by atoms with Gasteiger partial charge in [0.05, 0.1) is 22.0 Å². The van der Waals surface area contributed by atoms with E-state index in [0.29, 0.717) is 33.0 Å². The quantitative estimate of drug-likeness (QED) is 0.642. The van der Waals surface area contributed by atoms with Crippen molar-refractivity contribution in [2.75, 3.05) is 0 Å². The molecule has 156 valence electrons. The monoisotopic (exact) mass is 443 g/mol. The van der Waals surface area contributed by atoms with Gasteiger partial charge < -0.3 is 4.57 Å². The smallest absolute Gasteiger partial charge is 0.242 e. The third kappa shape index (κ3) is 3.69. The normalized spacial score (nSPS) is 15.2. The molecule has 1 fully saturated rings. The number of hydrogen-bond donors (Lipinski definition) is 1. The lowest BCUT2D eigenvalue weighted by molar-refractivity contribution is 0.322. The van der Waals surface area contributed by atoms with Gasteiger partial charge in [-0.15, -0.1) is 0 Å². The summed E-state index contributed by atoms with van der Waals surface area (Å²) in [6.45, 7) is 5.34. The molecule has 0 amide bonds. The van der Waals surface area contributed by atoms with Gasteiger partial charge in [-0.3, -0.25) is 4.98 Å². The Morgan fingerprint density at radius 3 is 2.50 bits per heavy atom. The number of sulfonamides is 1. The molecule has 4 rings (SSSR count). The summed E-state index contributed by atoms with van der Waals surface area (Å²) in [5, 5.41) is 11.0. The lowest BCUT2D eigenvalue weighted by atomic mass is 9.92. The number of hydrogen-bond acceptors (Lipinski definition) is 5. The van der Waals surface area contributed by atoms with Crippen LogP contribution in [0.25, 0.3) is 22.4 Å². The average Bonchev–Trinajstić information content (AvgIpc) is 2.91. The van der Waals surface area contributed by atoms with Crippen molar-refractivity contribution in [1.82, 2.24) is 19.3 Å². The number of nitrogens with zero attached hydrogens (tertiary/aromatic N) is 4. The first kappa shape index (κ1) is 20.8. The predicted molar refractivity (Wildman–Crippen MR) is 116 cm³/mol. The van der Waals surface area contributed by atoms with Gasteiger partial charge in [-0.05, 0) is 58.2 Å². The third-order valence-corrected chi connectivity index (χ3v) is 7.04. The molecule has 1 aliphatic carbocycles. The molecule has 0 unspecified atom stereocenters. The zero-order valence-corrected chi connectivity index (χ0v) is 18.5. The van der Waals surface area contributed by atoms with E-state index in [1.54, 1.807) is 39.1 Å². The van der Waals surface area contributed by atoms with Crippen molar-refractivity contribution in [3.05, 3.63) is 41.2 Å². The Bertz CT molecular complexity index is 1260. The van der Waals surface area contributed by atoms with E-state index in [1.807, 2.05) is 0 Å². The predicted octanol–water partition coefficient (Wildman–Crippen LogP) is 4.43.